The lowest BCUT2D eigenvalue weighted by Crippen LogP contribution is -1.88. The van der Waals surface area contributed by atoms with Crippen LogP contribution in [-0.2, 0) is 0 Å². The summed E-state index contributed by atoms with van der Waals surface area (Å²) in [5.41, 5.74) is 0. The quantitative estimate of drug-likeness (QED) is 0.670. The van der Waals surface area contributed by atoms with E-state index < -0.39 is 0 Å². The zero-order valence-electron chi connectivity index (χ0n) is 7.01. The Morgan fingerprint density at radius 1 is 1.55 bits per heavy atom. The minimum atomic E-state index is 0.516. The molecule has 1 rings (SSSR count). The van der Waals surface area contributed by atoms with Crippen molar-refractivity contribution < 1.29 is 13.9 Å². The highest BCUT2D eigenvalue weighted by Gasteiger charge is 2.06. The lowest BCUT2D eigenvalue weighted by Gasteiger charge is -1.93. The number of rotatable bonds is 3. The minimum absolute atomic E-state index is 0.516. The summed E-state index contributed by atoms with van der Waals surface area (Å²) in [7, 11) is 1.60. The Balaban J connectivity index is 2.77. The van der Waals surface area contributed by atoms with E-state index in [-0.39, 0.29) is 0 Å². The van der Waals surface area contributed by atoms with Crippen molar-refractivity contribution in [1.82, 2.24) is 0 Å². The molecule has 0 aliphatic carbocycles. The molecule has 1 aromatic heterocycles. The van der Waals surface area contributed by atoms with Crippen molar-refractivity contribution in [1.29, 1.82) is 0 Å². The van der Waals surface area contributed by atoms with Crippen LogP contribution in [0.2, 0.25) is 0 Å². The van der Waals surface area contributed by atoms with E-state index in [1.165, 1.54) is 0 Å². The first-order valence-corrected chi connectivity index (χ1v) is 3.55. The molecule has 0 fully saturated rings. The lowest BCUT2D eigenvalue weighted by atomic mass is 10.4. The standard InChI is InChI=1S/C8H12O3/c1-4-10-8-5-7(9-3)6(2)11-8/h5H,4H2,1-3H3. The molecule has 0 saturated heterocycles. The van der Waals surface area contributed by atoms with Crippen LogP contribution in [0.1, 0.15) is 12.7 Å². The lowest BCUT2D eigenvalue weighted by molar-refractivity contribution is 0.252. The van der Waals surface area contributed by atoms with Gasteiger partial charge in [0.1, 0.15) is 5.76 Å². The number of methoxy groups -OCH3 is 1. The van der Waals surface area contributed by atoms with Crippen LogP contribution in [0.25, 0.3) is 0 Å². The average molecular weight is 156 g/mol. The van der Waals surface area contributed by atoms with Gasteiger partial charge in [-0.3, -0.25) is 0 Å². The van der Waals surface area contributed by atoms with Gasteiger partial charge in [0.05, 0.1) is 19.8 Å². The number of hydrogen-bond acceptors (Lipinski definition) is 3. The molecule has 1 aromatic rings. The van der Waals surface area contributed by atoms with Crippen molar-refractivity contribution in [2.75, 3.05) is 13.7 Å². The van der Waals surface area contributed by atoms with Crippen LogP contribution in [0, 0.1) is 6.92 Å². The van der Waals surface area contributed by atoms with Crippen molar-refractivity contribution in [2.24, 2.45) is 0 Å². The van der Waals surface area contributed by atoms with E-state index in [9.17, 15) is 0 Å². The highest BCUT2D eigenvalue weighted by molar-refractivity contribution is 5.30. The summed E-state index contributed by atoms with van der Waals surface area (Å²) in [4.78, 5) is 0. The summed E-state index contributed by atoms with van der Waals surface area (Å²) in [6.45, 7) is 4.35. The van der Waals surface area contributed by atoms with E-state index >= 15 is 0 Å². The average Bonchev–Trinajstić information content (AvgIpc) is 2.32. The smallest absolute Gasteiger partial charge is 0.288 e. The van der Waals surface area contributed by atoms with Crippen molar-refractivity contribution in [2.45, 2.75) is 13.8 Å². The molecule has 0 amide bonds. The zero-order valence-corrected chi connectivity index (χ0v) is 7.01. The molecule has 0 atom stereocenters. The Morgan fingerprint density at radius 3 is 2.73 bits per heavy atom. The van der Waals surface area contributed by atoms with Gasteiger partial charge in [0.25, 0.3) is 5.95 Å². The number of furan rings is 1. The van der Waals surface area contributed by atoms with Crippen LogP contribution in [0.4, 0.5) is 0 Å². The summed E-state index contributed by atoms with van der Waals surface area (Å²) in [6.07, 6.45) is 0. The van der Waals surface area contributed by atoms with Crippen LogP contribution in [0.3, 0.4) is 0 Å². The molecule has 1 heterocycles. The Labute approximate surface area is 65.9 Å². The highest BCUT2D eigenvalue weighted by Crippen LogP contribution is 2.27. The van der Waals surface area contributed by atoms with Crippen LogP contribution in [0.15, 0.2) is 10.5 Å². The van der Waals surface area contributed by atoms with Crippen molar-refractivity contribution in [3.05, 3.63) is 11.8 Å². The second kappa shape index (κ2) is 3.32. The Hall–Kier alpha value is -1.12. The van der Waals surface area contributed by atoms with Gasteiger partial charge in [-0.2, -0.15) is 0 Å². The molecule has 0 N–H and O–H groups in total. The molecule has 0 spiro atoms. The maximum atomic E-state index is 5.20. The zero-order chi connectivity index (χ0) is 8.27. The van der Waals surface area contributed by atoms with E-state index in [2.05, 4.69) is 0 Å². The molecular weight excluding hydrogens is 144 g/mol. The molecule has 0 saturated carbocycles. The molecule has 62 valence electrons. The van der Waals surface area contributed by atoms with Gasteiger partial charge >= 0.3 is 0 Å². The van der Waals surface area contributed by atoms with Crippen molar-refractivity contribution >= 4 is 0 Å². The first kappa shape index (κ1) is 7.98. The predicted octanol–water partition coefficient (Wildman–Crippen LogP) is 2.00. The summed E-state index contributed by atoms with van der Waals surface area (Å²) in [6, 6.07) is 1.73. The fourth-order valence-corrected chi connectivity index (χ4v) is 0.855. The first-order valence-electron chi connectivity index (χ1n) is 3.55. The molecule has 0 unspecified atom stereocenters. The molecular formula is C8H12O3. The fraction of sp³-hybridized carbons (Fsp3) is 0.500. The van der Waals surface area contributed by atoms with Gasteiger partial charge in [0.15, 0.2) is 5.75 Å². The topological polar surface area (TPSA) is 31.6 Å². The highest BCUT2D eigenvalue weighted by atomic mass is 16.6. The van der Waals surface area contributed by atoms with E-state index in [1.807, 2.05) is 13.8 Å². The van der Waals surface area contributed by atoms with Gasteiger partial charge < -0.3 is 13.9 Å². The summed E-state index contributed by atoms with van der Waals surface area (Å²) in [5.74, 6) is 1.99. The predicted molar refractivity (Wildman–Crippen MR) is 41.2 cm³/mol. The van der Waals surface area contributed by atoms with Crippen LogP contribution in [0.5, 0.6) is 11.7 Å². The first-order chi connectivity index (χ1) is 5.27. The van der Waals surface area contributed by atoms with Gasteiger partial charge in [0.2, 0.25) is 0 Å². The summed E-state index contributed by atoms with van der Waals surface area (Å²) in [5, 5.41) is 0. The monoisotopic (exact) mass is 156 g/mol. The molecule has 0 aliphatic rings. The molecule has 0 aliphatic heterocycles. The van der Waals surface area contributed by atoms with Crippen LogP contribution < -0.4 is 9.47 Å². The normalized spacial score (nSPS) is 9.73. The number of aryl methyl sites for hydroxylation is 1. The molecule has 0 bridgehead atoms. The molecule has 3 nitrogen and oxygen atoms in total. The molecule has 11 heavy (non-hydrogen) atoms. The molecule has 0 aromatic carbocycles. The fourth-order valence-electron chi connectivity index (χ4n) is 0.855. The summed E-state index contributed by atoms with van der Waals surface area (Å²) >= 11 is 0. The van der Waals surface area contributed by atoms with Gasteiger partial charge in [-0.15, -0.1) is 0 Å². The Kier molecular flexibility index (Phi) is 2.41. The third-order valence-corrected chi connectivity index (χ3v) is 1.36. The second-order valence-electron chi connectivity index (χ2n) is 2.12. The van der Waals surface area contributed by atoms with E-state index in [0.717, 1.165) is 11.5 Å². The maximum absolute atomic E-state index is 5.20. The molecule has 3 heteroatoms. The number of ether oxygens (including phenoxy) is 2. The third kappa shape index (κ3) is 1.67. The van der Waals surface area contributed by atoms with Crippen LogP contribution >= 0.6 is 0 Å². The van der Waals surface area contributed by atoms with Crippen molar-refractivity contribution in [3.63, 3.8) is 0 Å². The van der Waals surface area contributed by atoms with Crippen molar-refractivity contribution in [3.8, 4) is 11.7 Å². The Bertz CT molecular complexity index is 227. The van der Waals surface area contributed by atoms with E-state index in [4.69, 9.17) is 13.9 Å². The minimum Gasteiger partial charge on any atom is -0.493 e. The largest absolute Gasteiger partial charge is 0.493 e. The SMILES string of the molecule is CCOc1cc(OC)c(C)o1. The molecule has 0 radical (unpaired) electrons. The van der Waals surface area contributed by atoms with E-state index in [0.29, 0.717) is 12.6 Å². The van der Waals surface area contributed by atoms with Gasteiger partial charge in [-0.1, -0.05) is 0 Å². The maximum Gasteiger partial charge on any atom is 0.288 e. The third-order valence-electron chi connectivity index (χ3n) is 1.36. The summed E-state index contributed by atoms with van der Waals surface area (Å²) < 4.78 is 15.3. The van der Waals surface area contributed by atoms with Gasteiger partial charge in [-0.05, 0) is 13.8 Å². The number of hydrogen-bond donors (Lipinski definition) is 0. The van der Waals surface area contributed by atoms with Gasteiger partial charge in [0, 0.05) is 0 Å². The van der Waals surface area contributed by atoms with Gasteiger partial charge in [-0.25, -0.2) is 0 Å². The van der Waals surface area contributed by atoms with E-state index in [1.54, 1.807) is 13.2 Å². The Morgan fingerprint density at radius 2 is 2.27 bits per heavy atom. The second-order valence-corrected chi connectivity index (χ2v) is 2.12. The van der Waals surface area contributed by atoms with Crippen LogP contribution in [-0.4, -0.2) is 13.7 Å².